The number of amides is 2. The zero-order valence-electron chi connectivity index (χ0n) is 18.5. The molecule has 0 aliphatic carbocycles. The molecule has 2 amide bonds. The van der Waals surface area contributed by atoms with Crippen molar-refractivity contribution in [2.24, 2.45) is 0 Å². The number of carbonyl (C=O) groups is 2. The van der Waals surface area contributed by atoms with Crippen molar-refractivity contribution in [1.82, 2.24) is 9.97 Å². The van der Waals surface area contributed by atoms with Crippen molar-refractivity contribution in [3.05, 3.63) is 95.3 Å². The molecule has 0 radical (unpaired) electrons. The number of nitrogens with one attached hydrogen (secondary N) is 2. The molecule has 0 aliphatic heterocycles. The molecule has 5 aromatic rings. The van der Waals surface area contributed by atoms with Crippen LogP contribution in [0.2, 0.25) is 0 Å². The summed E-state index contributed by atoms with van der Waals surface area (Å²) in [5.74, 6) is -0.231. The minimum Gasteiger partial charge on any atom is -0.326 e. The largest absolute Gasteiger partial charge is 0.326 e. The van der Waals surface area contributed by atoms with E-state index in [0.717, 1.165) is 37.2 Å². The number of carbonyl (C=O) groups excluding carboxylic acids is 2. The molecular formula is C27H22N4O2S. The Hall–Kier alpha value is -4.10. The Bertz CT molecular complexity index is 1510. The summed E-state index contributed by atoms with van der Waals surface area (Å²) in [5, 5.41) is 8.93. The summed E-state index contributed by atoms with van der Waals surface area (Å²) in [6.45, 7) is 1.97. The molecule has 6 nitrogen and oxygen atoms in total. The quantitative estimate of drug-likeness (QED) is 0.323. The standard InChI is InChI=1S/C27H22N4O2S/c1-17-29-24-15-23(9-10-25(24)34-17)31-27(33)19-5-2-18(3-6-19)4-11-26(32)30-22-8-7-21-16-28-13-12-20(21)14-22/h2-3,5-10,12-16H,4,11H2,1H3,(H,30,32)(H,31,33). The molecule has 3 aromatic carbocycles. The van der Waals surface area contributed by atoms with Crippen LogP contribution in [0.25, 0.3) is 21.0 Å². The van der Waals surface area contributed by atoms with Gasteiger partial charge in [0.2, 0.25) is 5.91 Å². The van der Waals surface area contributed by atoms with Gasteiger partial charge in [0, 0.05) is 41.1 Å². The highest BCUT2D eigenvalue weighted by atomic mass is 32.1. The highest BCUT2D eigenvalue weighted by Crippen LogP contribution is 2.25. The lowest BCUT2D eigenvalue weighted by Gasteiger charge is -2.08. The Labute approximate surface area is 200 Å². The number of rotatable bonds is 6. The van der Waals surface area contributed by atoms with Gasteiger partial charge < -0.3 is 10.6 Å². The molecule has 2 aromatic heterocycles. The second-order valence-corrected chi connectivity index (χ2v) is 9.29. The third-order valence-electron chi connectivity index (χ3n) is 5.53. The van der Waals surface area contributed by atoms with Gasteiger partial charge in [0.05, 0.1) is 15.2 Å². The van der Waals surface area contributed by atoms with Crippen LogP contribution in [0.4, 0.5) is 11.4 Å². The number of aromatic nitrogens is 2. The molecule has 7 heteroatoms. The van der Waals surface area contributed by atoms with Gasteiger partial charge in [-0.05, 0) is 72.8 Å². The zero-order valence-corrected chi connectivity index (χ0v) is 19.4. The van der Waals surface area contributed by atoms with Gasteiger partial charge in [0.25, 0.3) is 5.91 Å². The Morgan fingerprint density at radius 1 is 0.882 bits per heavy atom. The first kappa shape index (κ1) is 21.7. The average Bonchev–Trinajstić information content (AvgIpc) is 3.22. The minimum atomic E-state index is -0.179. The number of pyridine rings is 1. The van der Waals surface area contributed by atoms with Gasteiger partial charge in [-0.25, -0.2) is 4.98 Å². The summed E-state index contributed by atoms with van der Waals surface area (Å²) in [7, 11) is 0. The summed E-state index contributed by atoms with van der Waals surface area (Å²) in [4.78, 5) is 33.6. The molecule has 0 unspecified atom stereocenters. The number of benzene rings is 3. The number of hydrogen-bond acceptors (Lipinski definition) is 5. The van der Waals surface area contributed by atoms with Crippen molar-refractivity contribution in [1.29, 1.82) is 0 Å². The molecule has 0 aliphatic rings. The van der Waals surface area contributed by atoms with Gasteiger partial charge in [-0.2, -0.15) is 0 Å². The Morgan fingerprint density at radius 3 is 2.53 bits per heavy atom. The van der Waals surface area contributed by atoms with Crippen molar-refractivity contribution in [3.63, 3.8) is 0 Å². The summed E-state index contributed by atoms with van der Waals surface area (Å²) in [6, 6.07) is 20.8. The number of anilines is 2. The van der Waals surface area contributed by atoms with E-state index in [2.05, 4.69) is 20.6 Å². The van der Waals surface area contributed by atoms with E-state index in [-0.39, 0.29) is 11.8 Å². The molecule has 0 fully saturated rings. The fourth-order valence-electron chi connectivity index (χ4n) is 3.79. The van der Waals surface area contributed by atoms with Crippen LogP contribution >= 0.6 is 11.3 Å². The molecule has 34 heavy (non-hydrogen) atoms. The van der Waals surface area contributed by atoms with E-state index in [1.807, 2.05) is 61.5 Å². The van der Waals surface area contributed by atoms with Gasteiger partial charge in [0.1, 0.15) is 0 Å². The SMILES string of the molecule is Cc1nc2cc(NC(=O)c3ccc(CCC(=O)Nc4ccc5cnccc5c4)cc3)ccc2s1. The summed E-state index contributed by atoms with van der Waals surface area (Å²) in [5.41, 5.74) is 3.92. The number of aryl methyl sites for hydroxylation is 2. The summed E-state index contributed by atoms with van der Waals surface area (Å²) >= 11 is 1.63. The van der Waals surface area contributed by atoms with E-state index < -0.39 is 0 Å². The van der Waals surface area contributed by atoms with Crippen molar-refractivity contribution in [2.75, 3.05) is 10.6 Å². The third kappa shape index (κ3) is 4.94. The van der Waals surface area contributed by atoms with Gasteiger partial charge in [-0.1, -0.05) is 18.2 Å². The van der Waals surface area contributed by atoms with Crippen LogP contribution in [0.1, 0.15) is 27.3 Å². The molecule has 5 rings (SSSR count). The molecular weight excluding hydrogens is 444 g/mol. The lowest BCUT2D eigenvalue weighted by molar-refractivity contribution is -0.116. The van der Waals surface area contributed by atoms with Crippen LogP contribution in [0.15, 0.2) is 79.1 Å². The third-order valence-corrected chi connectivity index (χ3v) is 6.49. The predicted molar refractivity (Wildman–Crippen MR) is 137 cm³/mol. The van der Waals surface area contributed by atoms with Gasteiger partial charge >= 0.3 is 0 Å². The first-order valence-electron chi connectivity index (χ1n) is 10.9. The maximum Gasteiger partial charge on any atom is 0.255 e. The fourth-order valence-corrected chi connectivity index (χ4v) is 4.60. The van der Waals surface area contributed by atoms with E-state index >= 15 is 0 Å². The van der Waals surface area contributed by atoms with Crippen LogP contribution in [-0.4, -0.2) is 21.8 Å². The molecule has 0 bridgehead atoms. The molecule has 0 atom stereocenters. The maximum absolute atomic E-state index is 12.6. The number of hydrogen-bond donors (Lipinski definition) is 2. The van der Waals surface area contributed by atoms with Gasteiger partial charge in [-0.3, -0.25) is 14.6 Å². The number of fused-ring (bicyclic) bond motifs is 2. The topological polar surface area (TPSA) is 84.0 Å². The van der Waals surface area contributed by atoms with Crippen LogP contribution < -0.4 is 10.6 Å². The molecule has 0 saturated carbocycles. The van der Waals surface area contributed by atoms with Crippen LogP contribution in [0, 0.1) is 6.92 Å². The maximum atomic E-state index is 12.6. The monoisotopic (exact) mass is 466 g/mol. The smallest absolute Gasteiger partial charge is 0.255 e. The second kappa shape index (κ2) is 9.41. The van der Waals surface area contributed by atoms with Crippen LogP contribution in [-0.2, 0) is 11.2 Å². The number of thiazole rings is 1. The minimum absolute atomic E-state index is 0.0529. The highest BCUT2D eigenvalue weighted by molar-refractivity contribution is 7.18. The Morgan fingerprint density at radius 2 is 1.68 bits per heavy atom. The van der Waals surface area contributed by atoms with Crippen LogP contribution in [0.3, 0.4) is 0 Å². The van der Waals surface area contributed by atoms with E-state index in [9.17, 15) is 9.59 Å². The van der Waals surface area contributed by atoms with Crippen molar-refractivity contribution in [2.45, 2.75) is 19.8 Å². The molecule has 2 N–H and O–H groups in total. The highest BCUT2D eigenvalue weighted by Gasteiger charge is 2.09. The van der Waals surface area contributed by atoms with Gasteiger partial charge in [-0.15, -0.1) is 11.3 Å². The van der Waals surface area contributed by atoms with Crippen LogP contribution in [0.5, 0.6) is 0 Å². The molecule has 168 valence electrons. The fraction of sp³-hybridized carbons (Fsp3) is 0.111. The lowest BCUT2D eigenvalue weighted by Crippen LogP contribution is -2.13. The average molecular weight is 467 g/mol. The van der Waals surface area contributed by atoms with Crippen molar-refractivity contribution < 1.29 is 9.59 Å². The predicted octanol–water partition coefficient (Wildman–Crippen LogP) is 5.98. The zero-order chi connectivity index (χ0) is 23.5. The molecule has 0 spiro atoms. The van der Waals surface area contributed by atoms with E-state index in [1.165, 1.54) is 0 Å². The number of nitrogens with zero attached hydrogens (tertiary/aromatic N) is 2. The Balaban J connectivity index is 1.16. The normalized spacial score (nSPS) is 11.0. The van der Waals surface area contributed by atoms with Crippen molar-refractivity contribution in [3.8, 4) is 0 Å². The molecule has 0 saturated heterocycles. The second-order valence-electron chi connectivity index (χ2n) is 8.05. The molecule has 2 heterocycles. The lowest BCUT2D eigenvalue weighted by atomic mass is 10.1. The first-order valence-corrected chi connectivity index (χ1v) is 11.8. The first-order chi connectivity index (χ1) is 16.5. The van der Waals surface area contributed by atoms with Crippen molar-refractivity contribution >= 4 is 55.5 Å². The van der Waals surface area contributed by atoms with Gasteiger partial charge in [0.15, 0.2) is 0 Å². The van der Waals surface area contributed by atoms with E-state index in [0.29, 0.717) is 24.1 Å². The summed E-state index contributed by atoms with van der Waals surface area (Å²) in [6.07, 6.45) is 4.47. The summed E-state index contributed by atoms with van der Waals surface area (Å²) < 4.78 is 1.10. The Kier molecular flexibility index (Phi) is 6.01. The van der Waals surface area contributed by atoms with E-state index in [4.69, 9.17) is 0 Å². The van der Waals surface area contributed by atoms with E-state index in [1.54, 1.807) is 35.9 Å².